The minimum atomic E-state index is 0.622. The van der Waals surface area contributed by atoms with Crippen LogP contribution in [0.3, 0.4) is 0 Å². The van der Waals surface area contributed by atoms with Crippen LogP contribution in [0.2, 0.25) is 0 Å². The van der Waals surface area contributed by atoms with Crippen molar-refractivity contribution >= 4 is 5.82 Å². The van der Waals surface area contributed by atoms with Crippen LogP contribution in [-0.4, -0.2) is 47.5 Å². The quantitative estimate of drug-likeness (QED) is 0.882. The Bertz CT molecular complexity index is 380. The summed E-state index contributed by atoms with van der Waals surface area (Å²) in [6.07, 6.45) is 4.17. The van der Waals surface area contributed by atoms with Gasteiger partial charge < -0.3 is 10.6 Å². The molecule has 0 radical (unpaired) electrons. The first kappa shape index (κ1) is 13.3. The number of pyridine rings is 1. The Kier molecular flexibility index (Phi) is 4.55. The van der Waals surface area contributed by atoms with Crippen LogP contribution in [-0.2, 0) is 6.54 Å². The van der Waals surface area contributed by atoms with Gasteiger partial charge in [0, 0.05) is 37.4 Å². The van der Waals surface area contributed by atoms with E-state index in [1.54, 1.807) is 6.20 Å². The van der Waals surface area contributed by atoms with Gasteiger partial charge in [-0.1, -0.05) is 13.0 Å². The molecule has 0 amide bonds. The minimum absolute atomic E-state index is 0.622. The van der Waals surface area contributed by atoms with E-state index in [0.29, 0.717) is 11.9 Å². The molecular formula is C14H24N4. The normalized spacial score (nSPS) is 22.9. The lowest BCUT2D eigenvalue weighted by Gasteiger charge is -2.30. The number of anilines is 1. The first-order valence-electron chi connectivity index (χ1n) is 6.82. The molecule has 2 rings (SSSR count). The van der Waals surface area contributed by atoms with Crippen molar-refractivity contribution in [1.82, 2.24) is 14.8 Å². The van der Waals surface area contributed by atoms with E-state index >= 15 is 0 Å². The fourth-order valence-corrected chi connectivity index (χ4v) is 2.69. The van der Waals surface area contributed by atoms with Gasteiger partial charge in [-0.2, -0.15) is 0 Å². The zero-order chi connectivity index (χ0) is 13.0. The van der Waals surface area contributed by atoms with E-state index in [1.165, 1.54) is 19.4 Å². The average molecular weight is 248 g/mol. The van der Waals surface area contributed by atoms with E-state index < -0.39 is 0 Å². The molecule has 1 aromatic heterocycles. The van der Waals surface area contributed by atoms with Crippen LogP contribution < -0.4 is 5.73 Å². The van der Waals surface area contributed by atoms with Crippen molar-refractivity contribution in [2.75, 3.05) is 32.4 Å². The van der Waals surface area contributed by atoms with E-state index in [-0.39, 0.29) is 0 Å². The maximum atomic E-state index is 5.94. The molecular weight excluding hydrogens is 224 g/mol. The van der Waals surface area contributed by atoms with Crippen molar-refractivity contribution in [2.24, 2.45) is 0 Å². The highest BCUT2D eigenvalue weighted by atomic mass is 15.2. The predicted octanol–water partition coefficient (Wildman–Crippen LogP) is 1.58. The summed E-state index contributed by atoms with van der Waals surface area (Å²) in [7, 11) is 2.21. The Morgan fingerprint density at radius 3 is 3.00 bits per heavy atom. The molecule has 4 nitrogen and oxygen atoms in total. The zero-order valence-corrected chi connectivity index (χ0v) is 11.5. The van der Waals surface area contributed by atoms with Crippen molar-refractivity contribution < 1.29 is 0 Å². The number of hydrogen-bond acceptors (Lipinski definition) is 4. The van der Waals surface area contributed by atoms with Gasteiger partial charge in [-0.15, -0.1) is 0 Å². The largest absolute Gasteiger partial charge is 0.383 e. The molecule has 1 saturated heterocycles. The van der Waals surface area contributed by atoms with Gasteiger partial charge in [0.15, 0.2) is 0 Å². The number of hydrogen-bond donors (Lipinski definition) is 1. The predicted molar refractivity (Wildman–Crippen MR) is 75.3 cm³/mol. The Hall–Kier alpha value is -1.13. The van der Waals surface area contributed by atoms with Crippen LogP contribution in [0.5, 0.6) is 0 Å². The highest BCUT2D eigenvalue weighted by molar-refractivity contribution is 5.38. The Labute approximate surface area is 110 Å². The summed E-state index contributed by atoms with van der Waals surface area (Å²) in [5.41, 5.74) is 7.10. The molecule has 1 fully saturated rings. The van der Waals surface area contributed by atoms with Gasteiger partial charge in [0.05, 0.1) is 0 Å². The highest BCUT2D eigenvalue weighted by Gasteiger charge is 2.22. The molecule has 1 aromatic rings. The van der Waals surface area contributed by atoms with Gasteiger partial charge >= 0.3 is 0 Å². The van der Waals surface area contributed by atoms with Gasteiger partial charge in [0.2, 0.25) is 0 Å². The molecule has 0 bridgehead atoms. The lowest BCUT2D eigenvalue weighted by molar-refractivity contribution is 0.176. The first-order chi connectivity index (χ1) is 8.70. The molecule has 100 valence electrons. The third-order valence-corrected chi connectivity index (χ3v) is 3.79. The summed E-state index contributed by atoms with van der Waals surface area (Å²) in [4.78, 5) is 9.16. The van der Waals surface area contributed by atoms with Gasteiger partial charge in [-0.05, 0) is 32.5 Å². The molecule has 18 heavy (non-hydrogen) atoms. The number of nitrogens with zero attached hydrogens (tertiary/aromatic N) is 3. The van der Waals surface area contributed by atoms with E-state index in [4.69, 9.17) is 5.73 Å². The first-order valence-corrected chi connectivity index (χ1v) is 6.82. The smallest absolute Gasteiger partial charge is 0.127 e. The van der Waals surface area contributed by atoms with Crippen molar-refractivity contribution in [2.45, 2.75) is 32.4 Å². The third-order valence-electron chi connectivity index (χ3n) is 3.79. The zero-order valence-electron chi connectivity index (χ0n) is 11.5. The second kappa shape index (κ2) is 6.16. The van der Waals surface area contributed by atoms with Crippen LogP contribution in [0, 0.1) is 0 Å². The van der Waals surface area contributed by atoms with E-state index in [1.807, 2.05) is 6.07 Å². The number of likely N-dealkylation sites (N-methyl/N-ethyl adjacent to an activating group) is 1. The van der Waals surface area contributed by atoms with Crippen LogP contribution in [0.4, 0.5) is 5.82 Å². The molecule has 2 heterocycles. The number of aromatic nitrogens is 1. The molecule has 1 aliphatic heterocycles. The Morgan fingerprint density at radius 1 is 1.44 bits per heavy atom. The summed E-state index contributed by atoms with van der Waals surface area (Å²) in [6.45, 7) is 6.68. The summed E-state index contributed by atoms with van der Waals surface area (Å²) >= 11 is 0. The number of nitrogen functional groups attached to an aromatic ring is 1. The molecule has 4 heteroatoms. The number of rotatable bonds is 3. The Morgan fingerprint density at radius 2 is 2.28 bits per heavy atom. The van der Waals surface area contributed by atoms with Crippen molar-refractivity contribution in [1.29, 1.82) is 0 Å². The highest BCUT2D eigenvalue weighted by Crippen LogP contribution is 2.17. The minimum Gasteiger partial charge on any atom is -0.383 e. The van der Waals surface area contributed by atoms with Crippen LogP contribution in [0.1, 0.15) is 25.3 Å². The maximum absolute atomic E-state index is 5.94. The third kappa shape index (κ3) is 3.21. The number of nitrogens with two attached hydrogens (primary N) is 1. The molecule has 1 atom stereocenters. The van der Waals surface area contributed by atoms with E-state index in [2.05, 4.69) is 34.8 Å². The summed E-state index contributed by atoms with van der Waals surface area (Å²) in [6, 6.07) is 4.68. The molecule has 0 spiro atoms. The molecule has 0 aromatic carbocycles. The van der Waals surface area contributed by atoms with E-state index in [0.717, 1.165) is 25.2 Å². The van der Waals surface area contributed by atoms with Gasteiger partial charge in [-0.25, -0.2) is 4.98 Å². The molecule has 1 aliphatic rings. The molecule has 1 unspecified atom stereocenters. The second-order valence-electron chi connectivity index (χ2n) is 5.20. The SMILES string of the molecule is CCC1CN(C)CCCN1Cc1cccnc1N. The molecule has 0 saturated carbocycles. The standard InChI is InChI=1S/C14H24N4/c1-3-13-11-17(2)8-5-9-18(13)10-12-6-4-7-16-14(12)15/h4,6-7,13H,3,5,8-11H2,1-2H3,(H2,15,16). The lowest BCUT2D eigenvalue weighted by atomic mass is 10.1. The van der Waals surface area contributed by atoms with E-state index in [9.17, 15) is 0 Å². The van der Waals surface area contributed by atoms with Crippen LogP contribution >= 0.6 is 0 Å². The van der Waals surface area contributed by atoms with Crippen LogP contribution in [0.15, 0.2) is 18.3 Å². The van der Waals surface area contributed by atoms with Gasteiger partial charge in [-0.3, -0.25) is 4.90 Å². The summed E-state index contributed by atoms with van der Waals surface area (Å²) in [5, 5.41) is 0. The fourth-order valence-electron chi connectivity index (χ4n) is 2.69. The van der Waals surface area contributed by atoms with Crippen molar-refractivity contribution in [3.8, 4) is 0 Å². The lowest BCUT2D eigenvalue weighted by Crippen LogP contribution is -2.39. The Balaban J connectivity index is 2.08. The van der Waals surface area contributed by atoms with Crippen molar-refractivity contribution in [3.05, 3.63) is 23.9 Å². The van der Waals surface area contributed by atoms with Crippen LogP contribution in [0.25, 0.3) is 0 Å². The summed E-state index contributed by atoms with van der Waals surface area (Å²) < 4.78 is 0. The fraction of sp³-hybridized carbons (Fsp3) is 0.643. The maximum Gasteiger partial charge on any atom is 0.127 e. The average Bonchev–Trinajstić information content (AvgIpc) is 2.54. The van der Waals surface area contributed by atoms with Gasteiger partial charge in [0.25, 0.3) is 0 Å². The van der Waals surface area contributed by atoms with Gasteiger partial charge in [0.1, 0.15) is 5.82 Å². The second-order valence-corrected chi connectivity index (χ2v) is 5.20. The molecule has 0 aliphatic carbocycles. The monoisotopic (exact) mass is 248 g/mol. The van der Waals surface area contributed by atoms with Crippen molar-refractivity contribution in [3.63, 3.8) is 0 Å². The topological polar surface area (TPSA) is 45.4 Å². The molecule has 2 N–H and O–H groups in total. The summed E-state index contributed by atoms with van der Waals surface area (Å²) in [5.74, 6) is 0.671.